The second-order valence-electron chi connectivity index (χ2n) is 6.20. The topological polar surface area (TPSA) is 67.4 Å². The number of hydrogen-bond donors (Lipinski definition) is 2. The molecule has 1 saturated carbocycles. The number of hydrogen-bond acceptors (Lipinski definition) is 3. The highest BCUT2D eigenvalue weighted by Gasteiger charge is 2.48. The molecular weight excluding hydrogens is 361 g/mol. The molecule has 2 N–H and O–H groups in total. The summed E-state index contributed by atoms with van der Waals surface area (Å²) in [6.07, 6.45) is -4.28. The van der Waals surface area contributed by atoms with Crippen molar-refractivity contribution < 1.29 is 27.5 Å². The Morgan fingerprint density at radius 2 is 1.56 bits per heavy atom. The average molecular weight is 378 g/mol. The van der Waals surface area contributed by atoms with Gasteiger partial charge in [-0.15, -0.1) is 0 Å². The van der Waals surface area contributed by atoms with Gasteiger partial charge >= 0.3 is 6.18 Å². The summed E-state index contributed by atoms with van der Waals surface area (Å²) in [4.78, 5) is 24.5. The van der Waals surface area contributed by atoms with Crippen molar-refractivity contribution in [3.05, 3.63) is 54.1 Å². The van der Waals surface area contributed by atoms with E-state index in [0.29, 0.717) is 17.9 Å². The summed E-state index contributed by atoms with van der Waals surface area (Å²) in [5.41, 5.74) is -0.677. The van der Waals surface area contributed by atoms with Crippen molar-refractivity contribution in [2.75, 3.05) is 17.7 Å². The van der Waals surface area contributed by atoms with E-state index in [0.717, 1.165) is 6.07 Å². The zero-order chi connectivity index (χ0) is 19.6. The molecule has 0 spiro atoms. The van der Waals surface area contributed by atoms with Crippen LogP contribution in [0, 0.1) is 11.8 Å². The van der Waals surface area contributed by atoms with E-state index >= 15 is 0 Å². The number of carbonyl (C=O) groups excluding carboxylic acids is 2. The van der Waals surface area contributed by atoms with Gasteiger partial charge in [0.2, 0.25) is 11.8 Å². The molecule has 5 nitrogen and oxygen atoms in total. The van der Waals surface area contributed by atoms with Gasteiger partial charge in [0.25, 0.3) is 0 Å². The molecule has 1 aliphatic carbocycles. The van der Waals surface area contributed by atoms with Crippen LogP contribution in [-0.2, 0) is 15.8 Å². The Balaban J connectivity index is 1.60. The van der Waals surface area contributed by atoms with E-state index in [4.69, 9.17) is 4.74 Å². The first-order valence-electron chi connectivity index (χ1n) is 8.21. The highest BCUT2D eigenvalue weighted by Crippen LogP contribution is 2.41. The van der Waals surface area contributed by atoms with Gasteiger partial charge in [-0.05, 0) is 42.8 Å². The lowest BCUT2D eigenvalue weighted by molar-refractivity contribution is -0.137. The quantitative estimate of drug-likeness (QED) is 0.829. The van der Waals surface area contributed by atoms with E-state index in [1.54, 1.807) is 24.3 Å². The van der Waals surface area contributed by atoms with Gasteiger partial charge < -0.3 is 15.4 Å². The number of anilines is 2. The molecule has 0 aromatic heterocycles. The molecular formula is C19H17F3N2O3. The SMILES string of the molecule is COc1ccc(NC(=O)C2CC2C(=O)Nc2ccccc2C(F)(F)F)cc1. The lowest BCUT2D eigenvalue weighted by Crippen LogP contribution is -2.22. The van der Waals surface area contributed by atoms with Crippen molar-refractivity contribution in [1.29, 1.82) is 0 Å². The molecule has 2 amide bonds. The van der Waals surface area contributed by atoms with Crippen LogP contribution in [0.5, 0.6) is 5.75 Å². The minimum atomic E-state index is -4.57. The van der Waals surface area contributed by atoms with Crippen LogP contribution in [0.1, 0.15) is 12.0 Å². The number of alkyl halides is 3. The summed E-state index contributed by atoms with van der Waals surface area (Å²) in [6, 6.07) is 11.4. The third kappa shape index (κ3) is 4.39. The molecule has 0 saturated heterocycles. The number of benzene rings is 2. The molecule has 1 aliphatic rings. The van der Waals surface area contributed by atoms with Crippen molar-refractivity contribution in [2.24, 2.45) is 11.8 Å². The molecule has 0 radical (unpaired) electrons. The third-order valence-corrected chi connectivity index (χ3v) is 4.31. The van der Waals surface area contributed by atoms with Crippen LogP contribution in [-0.4, -0.2) is 18.9 Å². The number of carbonyl (C=O) groups is 2. The maximum atomic E-state index is 13.0. The molecule has 1 fully saturated rings. The number of nitrogens with one attached hydrogen (secondary N) is 2. The van der Waals surface area contributed by atoms with Gasteiger partial charge in [-0.1, -0.05) is 12.1 Å². The number of halogens is 3. The van der Waals surface area contributed by atoms with Crippen LogP contribution in [0.25, 0.3) is 0 Å². The lowest BCUT2D eigenvalue weighted by Gasteiger charge is -2.13. The maximum Gasteiger partial charge on any atom is 0.418 e. The van der Waals surface area contributed by atoms with Gasteiger partial charge in [0, 0.05) is 5.69 Å². The fourth-order valence-electron chi connectivity index (χ4n) is 2.75. The van der Waals surface area contributed by atoms with Gasteiger partial charge in [-0.25, -0.2) is 0 Å². The predicted octanol–water partition coefficient (Wildman–Crippen LogP) is 3.93. The maximum absolute atomic E-state index is 13.0. The predicted molar refractivity (Wildman–Crippen MR) is 93.3 cm³/mol. The molecule has 3 rings (SSSR count). The Morgan fingerprint density at radius 3 is 2.15 bits per heavy atom. The Bertz CT molecular complexity index is 850. The molecule has 142 valence electrons. The Morgan fingerprint density at radius 1 is 0.963 bits per heavy atom. The lowest BCUT2D eigenvalue weighted by atomic mass is 10.1. The summed E-state index contributed by atoms with van der Waals surface area (Å²) in [6.45, 7) is 0. The fraction of sp³-hybridized carbons (Fsp3) is 0.263. The smallest absolute Gasteiger partial charge is 0.418 e. The second kappa shape index (κ2) is 7.30. The summed E-state index contributed by atoms with van der Waals surface area (Å²) in [5.74, 6) is -1.51. The van der Waals surface area contributed by atoms with Crippen LogP contribution in [0.3, 0.4) is 0 Å². The highest BCUT2D eigenvalue weighted by atomic mass is 19.4. The molecule has 2 aromatic carbocycles. The van der Waals surface area contributed by atoms with Crippen molar-refractivity contribution >= 4 is 23.2 Å². The Kier molecular flexibility index (Phi) is 5.07. The normalized spacial score (nSPS) is 18.5. The summed E-state index contributed by atoms with van der Waals surface area (Å²) < 4.78 is 44.0. The molecule has 0 bridgehead atoms. The summed E-state index contributed by atoms with van der Waals surface area (Å²) >= 11 is 0. The van der Waals surface area contributed by atoms with Crippen LogP contribution < -0.4 is 15.4 Å². The average Bonchev–Trinajstić information content (AvgIpc) is 3.43. The monoisotopic (exact) mass is 378 g/mol. The van der Waals surface area contributed by atoms with Crippen LogP contribution in [0.2, 0.25) is 0 Å². The van der Waals surface area contributed by atoms with E-state index in [-0.39, 0.29) is 11.6 Å². The molecule has 2 atom stereocenters. The first-order chi connectivity index (χ1) is 12.8. The molecule has 0 aliphatic heterocycles. The Labute approximate surface area is 153 Å². The largest absolute Gasteiger partial charge is 0.497 e. The fourth-order valence-corrected chi connectivity index (χ4v) is 2.75. The molecule has 2 aromatic rings. The number of ether oxygens (including phenoxy) is 1. The zero-order valence-corrected chi connectivity index (χ0v) is 14.3. The van der Waals surface area contributed by atoms with E-state index < -0.39 is 29.5 Å². The number of amides is 2. The first-order valence-corrected chi connectivity index (χ1v) is 8.21. The van der Waals surface area contributed by atoms with Crippen molar-refractivity contribution in [1.82, 2.24) is 0 Å². The van der Waals surface area contributed by atoms with Gasteiger partial charge in [0.1, 0.15) is 5.75 Å². The van der Waals surface area contributed by atoms with Gasteiger partial charge in [0.05, 0.1) is 30.2 Å². The molecule has 2 unspecified atom stereocenters. The van der Waals surface area contributed by atoms with Crippen LogP contribution >= 0.6 is 0 Å². The molecule has 27 heavy (non-hydrogen) atoms. The van der Waals surface area contributed by atoms with Crippen molar-refractivity contribution in [2.45, 2.75) is 12.6 Å². The minimum Gasteiger partial charge on any atom is -0.497 e. The van der Waals surface area contributed by atoms with Crippen molar-refractivity contribution in [3.8, 4) is 5.75 Å². The minimum absolute atomic E-state index is 0.294. The number of methoxy groups -OCH3 is 1. The van der Waals surface area contributed by atoms with E-state index in [1.807, 2.05) is 0 Å². The van der Waals surface area contributed by atoms with E-state index in [2.05, 4.69) is 10.6 Å². The zero-order valence-electron chi connectivity index (χ0n) is 14.3. The standard InChI is InChI=1S/C19H17F3N2O3/c1-27-12-8-6-11(7-9-12)23-17(25)13-10-14(13)18(26)24-16-5-3-2-4-15(16)19(20,21)22/h2-9,13-14H,10H2,1H3,(H,23,25)(H,24,26). The third-order valence-electron chi connectivity index (χ3n) is 4.31. The summed E-state index contributed by atoms with van der Waals surface area (Å²) in [7, 11) is 1.53. The number of para-hydroxylation sites is 1. The van der Waals surface area contributed by atoms with Gasteiger partial charge in [-0.3, -0.25) is 9.59 Å². The van der Waals surface area contributed by atoms with Crippen molar-refractivity contribution in [3.63, 3.8) is 0 Å². The second-order valence-corrected chi connectivity index (χ2v) is 6.20. The van der Waals surface area contributed by atoms with Crippen LogP contribution in [0.15, 0.2) is 48.5 Å². The van der Waals surface area contributed by atoms with E-state index in [9.17, 15) is 22.8 Å². The summed E-state index contributed by atoms with van der Waals surface area (Å²) in [5, 5.41) is 4.97. The van der Waals surface area contributed by atoms with E-state index in [1.165, 1.54) is 25.3 Å². The Hall–Kier alpha value is -3.03. The first kappa shape index (κ1) is 18.8. The molecule has 0 heterocycles. The van der Waals surface area contributed by atoms with Gasteiger partial charge in [-0.2, -0.15) is 13.2 Å². The highest BCUT2D eigenvalue weighted by molar-refractivity contribution is 6.03. The van der Waals surface area contributed by atoms with Crippen LogP contribution in [0.4, 0.5) is 24.5 Å². The van der Waals surface area contributed by atoms with Gasteiger partial charge in [0.15, 0.2) is 0 Å². The molecule has 8 heteroatoms. The number of rotatable bonds is 5.